The van der Waals surface area contributed by atoms with Crippen LogP contribution in [0.15, 0.2) is 60.7 Å². The number of carbonyl (C=O) groups is 1. The Morgan fingerprint density at radius 3 is 2.67 bits per heavy atom. The zero-order valence-electron chi connectivity index (χ0n) is 16.4. The van der Waals surface area contributed by atoms with Crippen LogP contribution in [0.1, 0.15) is 18.4 Å². The van der Waals surface area contributed by atoms with Crippen molar-refractivity contribution in [3.05, 3.63) is 72.0 Å². The summed E-state index contributed by atoms with van der Waals surface area (Å²) in [5.74, 6) is 1.52. The first kappa shape index (κ1) is 18.5. The van der Waals surface area contributed by atoms with Crippen molar-refractivity contribution in [1.29, 1.82) is 0 Å². The van der Waals surface area contributed by atoms with Crippen molar-refractivity contribution in [2.75, 3.05) is 19.2 Å². The van der Waals surface area contributed by atoms with Crippen LogP contribution in [0.5, 0.6) is 17.2 Å². The van der Waals surface area contributed by atoms with Gasteiger partial charge in [0.1, 0.15) is 11.6 Å². The fourth-order valence-corrected chi connectivity index (χ4v) is 3.83. The van der Waals surface area contributed by atoms with Crippen LogP contribution in [0.4, 0.5) is 10.1 Å². The van der Waals surface area contributed by atoms with Crippen molar-refractivity contribution in [2.24, 2.45) is 0 Å². The maximum Gasteiger partial charge on any atom is 0.235 e. The minimum absolute atomic E-state index is 0.107. The highest BCUT2D eigenvalue weighted by Gasteiger charge is 2.51. The van der Waals surface area contributed by atoms with E-state index in [0.29, 0.717) is 34.1 Å². The molecule has 0 bridgehead atoms. The summed E-state index contributed by atoms with van der Waals surface area (Å²) in [6.07, 6.45) is 1.50. The molecule has 1 amide bonds. The minimum Gasteiger partial charge on any atom is -0.497 e. The highest BCUT2D eigenvalue weighted by molar-refractivity contribution is 6.01. The third-order valence-corrected chi connectivity index (χ3v) is 5.71. The molecule has 0 aromatic heterocycles. The summed E-state index contributed by atoms with van der Waals surface area (Å²) in [4.78, 5) is 13.1. The molecule has 30 heavy (non-hydrogen) atoms. The summed E-state index contributed by atoms with van der Waals surface area (Å²) in [5.41, 5.74) is 1.94. The van der Waals surface area contributed by atoms with Gasteiger partial charge in [0, 0.05) is 11.3 Å². The Balaban J connectivity index is 1.41. The molecule has 3 aromatic rings. The van der Waals surface area contributed by atoms with E-state index in [0.717, 1.165) is 18.4 Å². The monoisotopic (exact) mass is 405 g/mol. The first-order valence-corrected chi connectivity index (χ1v) is 9.75. The van der Waals surface area contributed by atoms with Crippen molar-refractivity contribution in [2.45, 2.75) is 18.3 Å². The Bertz CT molecular complexity index is 1140. The third kappa shape index (κ3) is 3.14. The summed E-state index contributed by atoms with van der Waals surface area (Å²) in [6, 6.07) is 17.4. The molecule has 152 valence electrons. The number of anilines is 1. The predicted octanol–water partition coefficient (Wildman–Crippen LogP) is 4.90. The molecule has 1 saturated carbocycles. The molecule has 3 aromatic carbocycles. The van der Waals surface area contributed by atoms with Gasteiger partial charge in [-0.05, 0) is 66.4 Å². The van der Waals surface area contributed by atoms with Crippen LogP contribution in [0.25, 0.3) is 11.1 Å². The molecule has 1 N–H and O–H groups in total. The molecule has 1 fully saturated rings. The molecule has 1 aliphatic heterocycles. The number of carbonyl (C=O) groups excluding carboxylic acids is 1. The topological polar surface area (TPSA) is 56.8 Å². The first-order valence-electron chi connectivity index (χ1n) is 9.75. The summed E-state index contributed by atoms with van der Waals surface area (Å²) >= 11 is 0. The Morgan fingerprint density at radius 2 is 1.87 bits per heavy atom. The van der Waals surface area contributed by atoms with E-state index in [-0.39, 0.29) is 18.5 Å². The Hall–Kier alpha value is -3.54. The first-order chi connectivity index (χ1) is 14.6. The SMILES string of the molecule is COc1cccc(-c2cc(NC(=O)C3(c4ccc5c(c4)OCO5)CC3)ccc2F)c1. The van der Waals surface area contributed by atoms with Crippen LogP contribution < -0.4 is 19.5 Å². The molecule has 5 rings (SSSR count). The smallest absolute Gasteiger partial charge is 0.235 e. The van der Waals surface area contributed by atoms with E-state index < -0.39 is 5.41 Å². The van der Waals surface area contributed by atoms with Gasteiger partial charge in [-0.2, -0.15) is 0 Å². The molecular weight excluding hydrogens is 385 g/mol. The average molecular weight is 405 g/mol. The number of benzene rings is 3. The van der Waals surface area contributed by atoms with Crippen LogP contribution in [0.3, 0.4) is 0 Å². The van der Waals surface area contributed by atoms with Crippen LogP contribution in [-0.4, -0.2) is 19.8 Å². The number of amides is 1. The predicted molar refractivity (Wildman–Crippen MR) is 110 cm³/mol. The van der Waals surface area contributed by atoms with Crippen LogP contribution >= 0.6 is 0 Å². The zero-order chi connectivity index (χ0) is 20.7. The van der Waals surface area contributed by atoms with Crippen molar-refractivity contribution in [3.63, 3.8) is 0 Å². The van der Waals surface area contributed by atoms with Gasteiger partial charge in [0.25, 0.3) is 0 Å². The van der Waals surface area contributed by atoms with Crippen molar-refractivity contribution in [1.82, 2.24) is 0 Å². The molecule has 0 atom stereocenters. The molecule has 0 saturated heterocycles. The minimum atomic E-state index is -0.592. The lowest BCUT2D eigenvalue weighted by atomic mass is 9.94. The molecule has 0 spiro atoms. The standard InChI is InChI=1S/C24H20FNO4/c1-28-18-4-2-3-15(11-18)19-13-17(6-7-20(19)25)26-23(27)24(9-10-24)16-5-8-21-22(12-16)30-14-29-21/h2-8,11-13H,9-10,14H2,1H3,(H,26,27). The third-order valence-electron chi connectivity index (χ3n) is 5.71. The van der Waals surface area contributed by atoms with E-state index in [2.05, 4.69) is 5.32 Å². The normalized spacial score (nSPS) is 15.5. The summed E-state index contributed by atoms with van der Waals surface area (Å²) in [7, 11) is 1.57. The molecule has 1 aliphatic carbocycles. The van der Waals surface area contributed by atoms with Gasteiger partial charge < -0.3 is 19.5 Å². The number of rotatable bonds is 5. The lowest BCUT2D eigenvalue weighted by molar-refractivity contribution is -0.118. The number of hydrogen-bond acceptors (Lipinski definition) is 4. The lowest BCUT2D eigenvalue weighted by Crippen LogP contribution is -2.27. The fourth-order valence-electron chi connectivity index (χ4n) is 3.83. The number of nitrogens with one attached hydrogen (secondary N) is 1. The fraction of sp³-hybridized carbons (Fsp3) is 0.208. The van der Waals surface area contributed by atoms with E-state index in [4.69, 9.17) is 14.2 Å². The molecule has 0 unspecified atom stereocenters. The van der Waals surface area contributed by atoms with E-state index >= 15 is 0 Å². The molecule has 0 radical (unpaired) electrons. The lowest BCUT2D eigenvalue weighted by Gasteiger charge is -2.17. The van der Waals surface area contributed by atoms with Gasteiger partial charge in [0.15, 0.2) is 11.5 Å². The Kier molecular flexibility index (Phi) is 4.35. The quantitative estimate of drug-likeness (QED) is 0.656. The number of ether oxygens (including phenoxy) is 3. The summed E-state index contributed by atoms with van der Waals surface area (Å²) in [5, 5.41) is 2.97. The molecule has 5 nitrogen and oxygen atoms in total. The van der Waals surface area contributed by atoms with E-state index in [1.807, 2.05) is 24.3 Å². The molecule has 1 heterocycles. The molecule has 6 heteroatoms. The number of methoxy groups -OCH3 is 1. The zero-order valence-corrected chi connectivity index (χ0v) is 16.4. The van der Waals surface area contributed by atoms with E-state index in [1.165, 1.54) is 6.07 Å². The van der Waals surface area contributed by atoms with Gasteiger partial charge >= 0.3 is 0 Å². The number of halogens is 1. The second-order valence-electron chi connectivity index (χ2n) is 7.53. The second-order valence-corrected chi connectivity index (χ2v) is 7.53. The highest BCUT2D eigenvalue weighted by Crippen LogP contribution is 2.51. The van der Waals surface area contributed by atoms with Crippen molar-refractivity contribution in [3.8, 4) is 28.4 Å². The van der Waals surface area contributed by atoms with Crippen molar-refractivity contribution >= 4 is 11.6 Å². The highest BCUT2D eigenvalue weighted by atomic mass is 19.1. The van der Waals surface area contributed by atoms with Crippen molar-refractivity contribution < 1.29 is 23.4 Å². The summed E-state index contributed by atoms with van der Waals surface area (Å²) < 4.78 is 30.5. The van der Waals surface area contributed by atoms with Gasteiger partial charge in [0.2, 0.25) is 12.7 Å². The maximum atomic E-state index is 14.5. The maximum absolute atomic E-state index is 14.5. The van der Waals surface area contributed by atoms with E-state index in [1.54, 1.807) is 37.4 Å². The van der Waals surface area contributed by atoms with Crippen LogP contribution in [0, 0.1) is 5.82 Å². The second kappa shape index (κ2) is 7.06. The van der Waals surface area contributed by atoms with E-state index in [9.17, 15) is 9.18 Å². The molecular formula is C24H20FNO4. The van der Waals surface area contributed by atoms with Gasteiger partial charge in [0.05, 0.1) is 12.5 Å². The Labute approximate surface area is 173 Å². The van der Waals surface area contributed by atoms with Gasteiger partial charge in [-0.25, -0.2) is 4.39 Å². The largest absolute Gasteiger partial charge is 0.497 e. The van der Waals surface area contributed by atoms with Crippen LogP contribution in [0.2, 0.25) is 0 Å². The van der Waals surface area contributed by atoms with Crippen LogP contribution in [-0.2, 0) is 10.2 Å². The average Bonchev–Trinajstić information content (AvgIpc) is 3.46. The number of hydrogen-bond donors (Lipinski definition) is 1. The van der Waals surface area contributed by atoms with Gasteiger partial charge in [-0.3, -0.25) is 4.79 Å². The number of fused-ring (bicyclic) bond motifs is 1. The molecule has 2 aliphatic rings. The summed E-state index contributed by atoms with van der Waals surface area (Å²) in [6.45, 7) is 0.195. The van der Waals surface area contributed by atoms with Gasteiger partial charge in [-0.1, -0.05) is 18.2 Å². The Morgan fingerprint density at radius 1 is 1.03 bits per heavy atom. The van der Waals surface area contributed by atoms with Gasteiger partial charge in [-0.15, -0.1) is 0 Å².